The van der Waals surface area contributed by atoms with Gasteiger partial charge in [0.05, 0.1) is 0 Å². The number of hydrogen-bond donors (Lipinski definition) is 3. The first kappa shape index (κ1) is 27.1. The Kier molecular flexibility index (Phi) is 8.02. The molecule has 3 aromatic carbocycles. The summed E-state index contributed by atoms with van der Waals surface area (Å²) in [5, 5.41) is 8.84. The molecule has 0 fully saturated rings. The number of carbonyl (C=O) groups is 3. The minimum Gasteiger partial charge on any atom is -0.350 e. The highest BCUT2D eigenvalue weighted by molar-refractivity contribution is 6.30. The van der Waals surface area contributed by atoms with E-state index in [-0.39, 0.29) is 30.6 Å². The molecule has 2 unspecified atom stereocenters. The minimum absolute atomic E-state index is 0.210. The van der Waals surface area contributed by atoms with Crippen molar-refractivity contribution in [1.29, 1.82) is 0 Å². The van der Waals surface area contributed by atoms with E-state index < -0.39 is 23.5 Å². The van der Waals surface area contributed by atoms with Crippen LogP contribution in [0.3, 0.4) is 0 Å². The van der Waals surface area contributed by atoms with Crippen molar-refractivity contribution in [3.63, 3.8) is 0 Å². The number of nitrogens with one attached hydrogen (secondary N) is 3. The van der Waals surface area contributed by atoms with E-state index in [1.807, 2.05) is 32.9 Å². The fourth-order valence-electron chi connectivity index (χ4n) is 4.59. The molecule has 2 atom stereocenters. The van der Waals surface area contributed by atoms with E-state index in [4.69, 9.17) is 11.6 Å². The molecule has 3 N–H and O–H groups in total. The van der Waals surface area contributed by atoms with Gasteiger partial charge >= 0.3 is 6.03 Å². The first-order chi connectivity index (χ1) is 18.0. The lowest BCUT2D eigenvalue weighted by atomic mass is 9.86. The third kappa shape index (κ3) is 6.69. The van der Waals surface area contributed by atoms with Gasteiger partial charge in [-0.1, -0.05) is 48.0 Å². The normalized spacial score (nSPS) is 17.3. The zero-order valence-corrected chi connectivity index (χ0v) is 22.2. The van der Waals surface area contributed by atoms with Gasteiger partial charge in [-0.3, -0.25) is 9.59 Å². The number of nitrogens with zero attached hydrogens (tertiary/aromatic N) is 1. The second kappa shape index (κ2) is 11.2. The van der Waals surface area contributed by atoms with E-state index >= 15 is 0 Å². The van der Waals surface area contributed by atoms with E-state index in [2.05, 4.69) is 16.0 Å². The number of para-hydroxylation sites is 1. The van der Waals surface area contributed by atoms with Crippen molar-refractivity contribution in [2.45, 2.75) is 44.7 Å². The molecule has 38 heavy (non-hydrogen) atoms. The number of anilines is 2. The summed E-state index contributed by atoms with van der Waals surface area (Å²) in [5.74, 6) is -1.47. The SMILES string of the molecule is CC(C)(C)NC(=O)CN1C(=O)C(NC(=O)Nc2cccc(Cl)c2)CC(c2ccc(F)cc2)c2ccccc21. The molecule has 198 valence electrons. The molecule has 9 heteroatoms. The summed E-state index contributed by atoms with van der Waals surface area (Å²) >= 11 is 6.03. The predicted octanol–water partition coefficient (Wildman–Crippen LogP) is 5.45. The Morgan fingerprint density at radius 3 is 2.42 bits per heavy atom. The third-order valence-electron chi connectivity index (χ3n) is 6.11. The first-order valence-corrected chi connectivity index (χ1v) is 12.7. The Morgan fingerprint density at radius 2 is 1.74 bits per heavy atom. The molecule has 0 bridgehead atoms. The molecule has 0 saturated heterocycles. The van der Waals surface area contributed by atoms with E-state index in [0.29, 0.717) is 16.4 Å². The average molecular weight is 537 g/mol. The van der Waals surface area contributed by atoms with Gasteiger partial charge in [-0.25, -0.2) is 9.18 Å². The van der Waals surface area contributed by atoms with E-state index in [1.165, 1.54) is 17.0 Å². The lowest BCUT2D eigenvalue weighted by Crippen LogP contribution is -2.53. The first-order valence-electron chi connectivity index (χ1n) is 12.3. The molecule has 0 radical (unpaired) electrons. The number of benzene rings is 3. The summed E-state index contributed by atoms with van der Waals surface area (Å²) in [6, 6.07) is 18.5. The van der Waals surface area contributed by atoms with E-state index in [1.54, 1.807) is 48.5 Å². The summed E-state index contributed by atoms with van der Waals surface area (Å²) in [6.45, 7) is 5.35. The van der Waals surface area contributed by atoms with Gasteiger partial charge in [0.15, 0.2) is 0 Å². The smallest absolute Gasteiger partial charge is 0.319 e. The van der Waals surface area contributed by atoms with Gasteiger partial charge in [0.2, 0.25) is 11.8 Å². The second-order valence-electron chi connectivity index (χ2n) is 10.3. The number of fused-ring (bicyclic) bond motifs is 1. The van der Waals surface area contributed by atoms with Crippen molar-refractivity contribution >= 4 is 40.8 Å². The standard InChI is InChI=1S/C29H30ClFN4O3/c1-29(2,3)34-26(36)17-35-25-10-5-4-9-22(25)23(18-11-13-20(31)14-12-18)16-24(27(35)37)33-28(38)32-21-8-6-7-19(30)15-21/h4-15,23-24H,16-17H2,1-3H3,(H,34,36)(H2,32,33,38). The lowest BCUT2D eigenvalue weighted by Gasteiger charge is -2.28. The Morgan fingerprint density at radius 1 is 1.03 bits per heavy atom. The highest BCUT2D eigenvalue weighted by Crippen LogP contribution is 2.39. The van der Waals surface area contributed by atoms with Gasteiger partial charge in [-0.05, 0) is 74.7 Å². The van der Waals surface area contributed by atoms with Gasteiger partial charge in [0.25, 0.3) is 0 Å². The quantitative estimate of drug-likeness (QED) is 0.405. The van der Waals surface area contributed by atoms with Gasteiger partial charge < -0.3 is 20.9 Å². The molecule has 0 spiro atoms. The van der Waals surface area contributed by atoms with Crippen molar-refractivity contribution in [2.75, 3.05) is 16.8 Å². The van der Waals surface area contributed by atoms with Crippen LogP contribution in [0.1, 0.15) is 44.2 Å². The molecule has 1 aliphatic heterocycles. The molecule has 4 amide bonds. The topological polar surface area (TPSA) is 90.5 Å². The molecule has 4 rings (SSSR count). The van der Waals surface area contributed by atoms with Crippen LogP contribution in [0.15, 0.2) is 72.8 Å². The average Bonchev–Trinajstić information content (AvgIpc) is 2.94. The van der Waals surface area contributed by atoms with Gasteiger partial charge in [-0.15, -0.1) is 0 Å². The van der Waals surface area contributed by atoms with Crippen molar-refractivity contribution in [2.24, 2.45) is 0 Å². The molecule has 0 saturated carbocycles. The highest BCUT2D eigenvalue weighted by Gasteiger charge is 2.37. The number of amides is 4. The van der Waals surface area contributed by atoms with Crippen LogP contribution in [0.25, 0.3) is 0 Å². The molecular formula is C29H30ClFN4O3. The molecule has 3 aromatic rings. The maximum atomic E-state index is 13.9. The summed E-state index contributed by atoms with van der Waals surface area (Å²) in [5.41, 5.74) is 2.13. The van der Waals surface area contributed by atoms with Crippen molar-refractivity contribution in [1.82, 2.24) is 10.6 Å². The fourth-order valence-corrected chi connectivity index (χ4v) is 4.78. The molecule has 1 aliphatic rings. The molecule has 0 aromatic heterocycles. The molecular weight excluding hydrogens is 507 g/mol. The highest BCUT2D eigenvalue weighted by atomic mass is 35.5. The van der Waals surface area contributed by atoms with Crippen LogP contribution in [0.4, 0.5) is 20.6 Å². The van der Waals surface area contributed by atoms with E-state index in [0.717, 1.165) is 11.1 Å². The Labute approximate surface area is 226 Å². The number of urea groups is 1. The van der Waals surface area contributed by atoms with Crippen molar-refractivity contribution in [3.05, 3.63) is 94.8 Å². The van der Waals surface area contributed by atoms with Crippen LogP contribution in [-0.2, 0) is 9.59 Å². The Hall–Kier alpha value is -3.91. The third-order valence-corrected chi connectivity index (χ3v) is 6.35. The predicted molar refractivity (Wildman–Crippen MR) is 147 cm³/mol. The summed E-state index contributed by atoms with van der Waals surface area (Å²) < 4.78 is 13.7. The molecule has 0 aliphatic carbocycles. The Balaban J connectivity index is 1.70. The van der Waals surface area contributed by atoms with Crippen LogP contribution < -0.4 is 20.9 Å². The van der Waals surface area contributed by atoms with Gasteiger partial charge in [0.1, 0.15) is 18.4 Å². The van der Waals surface area contributed by atoms with Crippen molar-refractivity contribution < 1.29 is 18.8 Å². The summed E-state index contributed by atoms with van der Waals surface area (Å²) in [4.78, 5) is 41.2. The lowest BCUT2D eigenvalue weighted by molar-refractivity contribution is -0.125. The number of hydrogen-bond acceptors (Lipinski definition) is 3. The maximum Gasteiger partial charge on any atom is 0.319 e. The molecule has 1 heterocycles. The minimum atomic E-state index is -0.973. The van der Waals surface area contributed by atoms with Crippen LogP contribution in [0.2, 0.25) is 5.02 Å². The molecule has 7 nitrogen and oxygen atoms in total. The van der Waals surface area contributed by atoms with Crippen molar-refractivity contribution in [3.8, 4) is 0 Å². The van der Waals surface area contributed by atoms with Crippen LogP contribution in [-0.4, -0.2) is 36.0 Å². The van der Waals surface area contributed by atoms with Gasteiger partial charge in [-0.2, -0.15) is 0 Å². The number of halogens is 2. The largest absolute Gasteiger partial charge is 0.350 e. The summed E-state index contributed by atoms with van der Waals surface area (Å²) in [7, 11) is 0. The monoisotopic (exact) mass is 536 g/mol. The van der Waals surface area contributed by atoms with E-state index in [9.17, 15) is 18.8 Å². The number of carbonyl (C=O) groups excluding carboxylic acids is 3. The van der Waals surface area contributed by atoms with Crippen LogP contribution in [0, 0.1) is 5.82 Å². The zero-order valence-electron chi connectivity index (χ0n) is 21.4. The van der Waals surface area contributed by atoms with Gasteiger partial charge in [0, 0.05) is 27.9 Å². The second-order valence-corrected chi connectivity index (χ2v) is 10.7. The zero-order chi connectivity index (χ0) is 27.4. The summed E-state index contributed by atoms with van der Waals surface area (Å²) in [6.07, 6.45) is 0.210. The Bertz CT molecular complexity index is 1340. The van der Waals surface area contributed by atoms with Crippen LogP contribution in [0.5, 0.6) is 0 Å². The number of rotatable bonds is 5. The maximum absolute atomic E-state index is 13.9. The van der Waals surface area contributed by atoms with Crippen LogP contribution >= 0.6 is 11.6 Å². The fraction of sp³-hybridized carbons (Fsp3) is 0.276.